The SMILES string of the molecule is CCN(Cc1cccc(Cl)c1)C(=O)c1ccc(C(F)(F)F)nc1. The summed E-state index contributed by atoms with van der Waals surface area (Å²) in [7, 11) is 0. The van der Waals surface area contributed by atoms with Crippen LogP contribution >= 0.6 is 11.6 Å². The van der Waals surface area contributed by atoms with Crippen LogP contribution in [0.3, 0.4) is 0 Å². The first-order chi connectivity index (χ1) is 10.8. The van der Waals surface area contributed by atoms with Gasteiger partial charge < -0.3 is 4.90 Å². The number of amides is 1. The number of hydrogen-bond acceptors (Lipinski definition) is 2. The largest absolute Gasteiger partial charge is 0.433 e. The highest BCUT2D eigenvalue weighted by atomic mass is 35.5. The van der Waals surface area contributed by atoms with Crippen molar-refractivity contribution in [3.63, 3.8) is 0 Å². The maximum absolute atomic E-state index is 12.5. The van der Waals surface area contributed by atoms with E-state index in [1.165, 1.54) is 4.90 Å². The predicted molar refractivity (Wildman–Crippen MR) is 81.1 cm³/mol. The minimum atomic E-state index is -4.52. The molecule has 0 unspecified atom stereocenters. The van der Waals surface area contributed by atoms with Crippen molar-refractivity contribution in [3.05, 3.63) is 64.4 Å². The van der Waals surface area contributed by atoms with Gasteiger partial charge in [-0.1, -0.05) is 23.7 Å². The molecule has 3 nitrogen and oxygen atoms in total. The Labute approximate surface area is 136 Å². The Morgan fingerprint density at radius 2 is 2.00 bits per heavy atom. The summed E-state index contributed by atoms with van der Waals surface area (Å²) in [6.45, 7) is 2.52. The number of carbonyl (C=O) groups is 1. The van der Waals surface area contributed by atoms with Gasteiger partial charge in [-0.2, -0.15) is 13.2 Å². The average molecular weight is 343 g/mol. The van der Waals surface area contributed by atoms with Crippen LogP contribution in [0, 0.1) is 0 Å². The minimum Gasteiger partial charge on any atom is -0.335 e. The summed E-state index contributed by atoms with van der Waals surface area (Å²) in [6.07, 6.45) is -3.57. The van der Waals surface area contributed by atoms with Gasteiger partial charge in [0.25, 0.3) is 5.91 Å². The van der Waals surface area contributed by atoms with Crippen LogP contribution in [0.5, 0.6) is 0 Å². The summed E-state index contributed by atoms with van der Waals surface area (Å²) in [6, 6.07) is 9.01. The molecule has 0 saturated heterocycles. The molecule has 1 aromatic heterocycles. The standard InChI is InChI=1S/C16H14ClF3N2O/c1-2-22(10-11-4-3-5-13(17)8-11)15(23)12-6-7-14(21-9-12)16(18,19)20/h3-9H,2,10H2,1H3. The van der Waals surface area contributed by atoms with Crippen molar-refractivity contribution < 1.29 is 18.0 Å². The molecule has 122 valence electrons. The lowest BCUT2D eigenvalue weighted by Gasteiger charge is -2.21. The third-order valence-electron chi connectivity index (χ3n) is 3.23. The van der Waals surface area contributed by atoms with Gasteiger partial charge in [0.2, 0.25) is 0 Å². The van der Waals surface area contributed by atoms with Gasteiger partial charge in [0.05, 0.1) is 5.56 Å². The molecule has 7 heteroatoms. The Bertz CT molecular complexity index is 686. The molecule has 0 atom stereocenters. The molecule has 0 bridgehead atoms. The maximum Gasteiger partial charge on any atom is 0.433 e. The zero-order chi connectivity index (χ0) is 17.0. The Morgan fingerprint density at radius 3 is 2.52 bits per heavy atom. The molecule has 23 heavy (non-hydrogen) atoms. The van der Waals surface area contributed by atoms with Crippen molar-refractivity contribution in [3.8, 4) is 0 Å². The zero-order valence-electron chi connectivity index (χ0n) is 12.3. The molecule has 1 amide bonds. The highest BCUT2D eigenvalue weighted by Crippen LogP contribution is 2.27. The quantitative estimate of drug-likeness (QED) is 0.824. The van der Waals surface area contributed by atoms with E-state index < -0.39 is 11.9 Å². The maximum atomic E-state index is 12.5. The Hall–Kier alpha value is -2.08. The van der Waals surface area contributed by atoms with E-state index in [1.54, 1.807) is 25.1 Å². The molecule has 0 spiro atoms. The third-order valence-corrected chi connectivity index (χ3v) is 3.47. The topological polar surface area (TPSA) is 33.2 Å². The number of hydrogen-bond donors (Lipinski definition) is 0. The van der Waals surface area contributed by atoms with Gasteiger partial charge >= 0.3 is 6.18 Å². The van der Waals surface area contributed by atoms with E-state index in [0.717, 1.165) is 23.9 Å². The number of benzene rings is 1. The van der Waals surface area contributed by atoms with Crippen molar-refractivity contribution in [2.24, 2.45) is 0 Å². The molecular weight excluding hydrogens is 329 g/mol. The molecule has 0 radical (unpaired) electrons. The van der Waals surface area contributed by atoms with E-state index in [1.807, 2.05) is 6.07 Å². The van der Waals surface area contributed by atoms with Crippen LogP contribution in [-0.2, 0) is 12.7 Å². The molecule has 2 aromatic rings. The van der Waals surface area contributed by atoms with E-state index in [0.29, 0.717) is 18.1 Å². The fraction of sp³-hybridized carbons (Fsp3) is 0.250. The first-order valence-electron chi connectivity index (χ1n) is 6.88. The summed E-state index contributed by atoms with van der Waals surface area (Å²) in [4.78, 5) is 17.2. The second-order valence-electron chi connectivity index (χ2n) is 4.88. The number of alkyl halides is 3. The van der Waals surface area contributed by atoms with Crippen LogP contribution in [0.25, 0.3) is 0 Å². The molecule has 1 heterocycles. The molecule has 0 saturated carbocycles. The first-order valence-corrected chi connectivity index (χ1v) is 7.26. The smallest absolute Gasteiger partial charge is 0.335 e. The average Bonchev–Trinajstić information content (AvgIpc) is 2.51. The van der Waals surface area contributed by atoms with Gasteiger partial charge in [0, 0.05) is 24.3 Å². The van der Waals surface area contributed by atoms with E-state index in [-0.39, 0.29) is 11.5 Å². The minimum absolute atomic E-state index is 0.113. The van der Waals surface area contributed by atoms with Crippen molar-refractivity contribution in [1.29, 1.82) is 0 Å². The van der Waals surface area contributed by atoms with Crippen LogP contribution in [0.15, 0.2) is 42.6 Å². The first kappa shape index (κ1) is 17.3. The van der Waals surface area contributed by atoms with Crippen molar-refractivity contribution in [2.75, 3.05) is 6.54 Å². The summed E-state index contributed by atoms with van der Waals surface area (Å²) in [5.74, 6) is -0.381. The lowest BCUT2D eigenvalue weighted by atomic mass is 10.1. The van der Waals surface area contributed by atoms with Gasteiger partial charge in [0.15, 0.2) is 0 Å². The van der Waals surface area contributed by atoms with Gasteiger partial charge in [0.1, 0.15) is 5.69 Å². The monoisotopic (exact) mass is 342 g/mol. The normalized spacial score (nSPS) is 11.3. The summed E-state index contributed by atoms with van der Waals surface area (Å²) in [5.41, 5.74) is -0.0682. The number of nitrogens with zero attached hydrogens (tertiary/aromatic N) is 2. The number of halogens is 4. The third kappa shape index (κ3) is 4.45. The van der Waals surface area contributed by atoms with E-state index in [9.17, 15) is 18.0 Å². The van der Waals surface area contributed by atoms with Gasteiger partial charge in [-0.15, -0.1) is 0 Å². The summed E-state index contributed by atoms with van der Waals surface area (Å²) < 4.78 is 37.5. The number of pyridine rings is 1. The number of rotatable bonds is 4. The highest BCUT2D eigenvalue weighted by molar-refractivity contribution is 6.30. The molecule has 0 aliphatic carbocycles. The Balaban J connectivity index is 2.16. The second kappa shape index (κ2) is 7.00. The fourth-order valence-electron chi connectivity index (χ4n) is 2.05. The van der Waals surface area contributed by atoms with Gasteiger partial charge in [-0.25, -0.2) is 0 Å². The molecule has 1 aromatic carbocycles. The van der Waals surface area contributed by atoms with Gasteiger partial charge in [-0.3, -0.25) is 9.78 Å². The van der Waals surface area contributed by atoms with E-state index in [2.05, 4.69) is 4.98 Å². The Kier molecular flexibility index (Phi) is 5.26. The zero-order valence-corrected chi connectivity index (χ0v) is 13.0. The lowest BCUT2D eigenvalue weighted by Crippen LogP contribution is -2.30. The Morgan fingerprint density at radius 1 is 1.26 bits per heavy atom. The lowest BCUT2D eigenvalue weighted by molar-refractivity contribution is -0.141. The van der Waals surface area contributed by atoms with Crippen molar-refractivity contribution in [2.45, 2.75) is 19.6 Å². The van der Waals surface area contributed by atoms with E-state index in [4.69, 9.17) is 11.6 Å². The van der Waals surface area contributed by atoms with Crippen molar-refractivity contribution in [1.82, 2.24) is 9.88 Å². The van der Waals surface area contributed by atoms with Crippen LogP contribution in [-0.4, -0.2) is 22.3 Å². The molecule has 0 aliphatic rings. The molecule has 2 rings (SSSR count). The van der Waals surface area contributed by atoms with Crippen molar-refractivity contribution >= 4 is 17.5 Å². The second-order valence-corrected chi connectivity index (χ2v) is 5.32. The van der Waals surface area contributed by atoms with Gasteiger partial charge in [-0.05, 0) is 36.8 Å². The highest BCUT2D eigenvalue weighted by Gasteiger charge is 2.32. The number of aromatic nitrogens is 1. The van der Waals surface area contributed by atoms with Crippen LogP contribution in [0.1, 0.15) is 28.5 Å². The molecule has 0 fully saturated rings. The molecular formula is C16H14ClF3N2O. The van der Waals surface area contributed by atoms with E-state index >= 15 is 0 Å². The molecule has 0 N–H and O–H groups in total. The van der Waals surface area contributed by atoms with Crippen LogP contribution < -0.4 is 0 Å². The molecule has 0 aliphatic heterocycles. The summed E-state index contributed by atoms with van der Waals surface area (Å²) in [5, 5.41) is 0.558. The van der Waals surface area contributed by atoms with Crippen LogP contribution in [0.2, 0.25) is 5.02 Å². The predicted octanol–water partition coefficient (Wildman–Crippen LogP) is 4.42. The van der Waals surface area contributed by atoms with Crippen LogP contribution in [0.4, 0.5) is 13.2 Å². The summed E-state index contributed by atoms with van der Waals surface area (Å²) >= 11 is 5.91. The number of carbonyl (C=O) groups excluding carboxylic acids is 1. The fourth-order valence-corrected chi connectivity index (χ4v) is 2.27.